The van der Waals surface area contributed by atoms with Crippen molar-refractivity contribution in [3.63, 3.8) is 0 Å². The minimum atomic E-state index is 0.105. The molecule has 0 aliphatic rings. The van der Waals surface area contributed by atoms with Crippen molar-refractivity contribution in [1.29, 1.82) is 0 Å². The first-order chi connectivity index (χ1) is 10.1. The van der Waals surface area contributed by atoms with Crippen LogP contribution in [-0.2, 0) is 0 Å². The van der Waals surface area contributed by atoms with E-state index in [9.17, 15) is 4.79 Å². The Balaban J connectivity index is 2.56. The highest BCUT2D eigenvalue weighted by molar-refractivity contribution is 6.32. The van der Waals surface area contributed by atoms with Gasteiger partial charge in [0.15, 0.2) is 17.3 Å². The summed E-state index contributed by atoms with van der Waals surface area (Å²) in [5.41, 5.74) is 0.589. The van der Waals surface area contributed by atoms with Crippen molar-refractivity contribution >= 4 is 17.4 Å². The average Bonchev–Trinajstić information content (AvgIpc) is 2.49. The largest absolute Gasteiger partial charge is 0.493 e. The monoisotopic (exact) mass is 312 g/mol. The molecule has 0 fully saturated rings. The molecule has 1 rings (SSSR count). The van der Waals surface area contributed by atoms with Gasteiger partial charge in [-0.15, -0.1) is 0 Å². The van der Waals surface area contributed by atoms with Crippen molar-refractivity contribution in [1.82, 2.24) is 0 Å². The molecule has 0 saturated carbocycles. The van der Waals surface area contributed by atoms with Gasteiger partial charge in [-0.3, -0.25) is 4.79 Å². The van der Waals surface area contributed by atoms with Gasteiger partial charge in [0.1, 0.15) is 0 Å². The maximum Gasteiger partial charge on any atom is 0.179 e. The molecular formula is C17H25ClO3. The van der Waals surface area contributed by atoms with Crippen LogP contribution in [0.1, 0.15) is 62.2 Å². The molecule has 1 aromatic rings. The molecule has 0 aromatic heterocycles. The zero-order chi connectivity index (χ0) is 15.7. The highest BCUT2D eigenvalue weighted by atomic mass is 35.5. The van der Waals surface area contributed by atoms with Crippen LogP contribution in [0, 0.1) is 0 Å². The van der Waals surface area contributed by atoms with E-state index < -0.39 is 0 Å². The SMILES string of the molecule is CCCCCCCCC(=O)c1cc(Cl)c(OC)c(OC)c1. The standard InChI is InChI=1S/C17H25ClO3/c1-4-5-6-7-8-9-10-15(19)13-11-14(18)17(21-3)16(12-13)20-2/h11-12H,4-10H2,1-3H3. The number of ether oxygens (including phenoxy) is 2. The summed E-state index contributed by atoms with van der Waals surface area (Å²) in [5.74, 6) is 1.07. The van der Waals surface area contributed by atoms with Crippen molar-refractivity contribution in [3.05, 3.63) is 22.7 Å². The number of unbranched alkanes of at least 4 members (excludes halogenated alkanes) is 5. The number of hydrogen-bond donors (Lipinski definition) is 0. The minimum Gasteiger partial charge on any atom is -0.493 e. The summed E-state index contributed by atoms with van der Waals surface area (Å²) in [6, 6.07) is 3.35. The predicted octanol–water partition coefficient (Wildman–Crippen LogP) is 5.29. The number of halogens is 1. The number of rotatable bonds is 10. The van der Waals surface area contributed by atoms with E-state index in [0.29, 0.717) is 28.5 Å². The Morgan fingerprint density at radius 1 is 1.05 bits per heavy atom. The van der Waals surface area contributed by atoms with Gasteiger partial charge in [-0.05, 0) is 18.6 Å². The Morgan fingerprint density at radius 3 is 2.33 bits per heavy atom. The molecule has 0 aliphatic carbocycles. The Labute approximate surface area is 132 Å². The molecular weight excluding hydrogens is 288 g/mol. The van der Waals surface area contributed by atoms with Gasteiger partial charge in [-0.25, -0.2) is 0 Å². The fourth-order valence-electron chi connectivity index (χ4n) is 2.29. The van der Waals surface area contributed by atoms with Gasteiger partial charge >= 0.3 is 0 Å². The molecule has 0 amide bonds. The molecule has 1 aromatic carbocycles. The van der Waals surface area contributed by atoms with Gasteiger partial charge in [0.25, 0.3) is 0 Å². The van der Waals surface area contributed by atoms with Crippen molar-refractivity contribution < 1.29 is 14.3 Å². The van der Waals surface area contributed by atoms with Crippen LogP contribution in [0.2, 0.25) is 5.02 Å². The Bertz CT molecular complexity index is 458. The van der Waals surface area contributed by atoms with Crippen LogP contribution in [0.5, 0.6) is 11.5 Å². The predicted molar refractivity (Wildman–Crippen MR) is 86.9 cm³/mol. The van der Waals surface area contributed by atoms with Gasteiger partial charge in [0.2, 0.25) is 0 Å². The third-order valence-corrected chi connectivity index (χ3v) is 3.79. The van der Waals surface area contributed by atoms with Gasteiger partial charge < -0.3 is 9.47 Å². The van der Waals surface area contributed by atoms with Crippen molar-refractivity contribution in [2.75, 3.05) is 14.2 Å². The van der Waals surface area contributed by atoms with E-state index in [4.69, 9.17) is 21.1 Å². The second-order valence-corrected chi connectivity index (χ2v) is 5.54. The average molecular weight is 313 g/mol. The van der Waals surface area contributed by atoms with Crippen LogP contribution in [0.4, 0.5) is 0 Å². The minimum absolute atomic E-state index is 0.105. The quantitative estimate of drug-likeness (QED) is 0.435. The van der Waals surface area contributed by atoms with E-state index in [2.05, 4.69) is 6.92 Å². The summed E-state index contributed by atoms with van der Waals surface area (Å²) in [7, 11) is 3.07. The summed E-state index contributed by atoms with van der Waals surface area (Å²) < 4.78 is 10.4. The van der Waals surface area contributed by atoms with Crippen LogP contribution < -0.4 is 9.47 Å². The van der Waals surface area contributed by atoms with Gasteiger partial charge in [0, 0.05) is 12.0 Å². The molecule has 4 heteroatoms. The van der Waals surface area contributed by atoms with E-state index in [1.54, 1.807) is 12.1 Å². The zero-order valence-corrected chi connectivity index (χ0v) is 14.0. The van der Waals surface area contributed by atoms with Crippen LogP contribution in [0.15, 0.2) is 12.1 Å². The lowest BCUT2D eigenvalue weighted by atomic mass is 10.0. The summed E-state index contributed by atoms with van der Waals surface area (Å²) >= 11 is 6.12. The number of Topliss-reactive ketones (excluding diaryl/α,β-unsaturated/α-hetero) is 1. The van der Waals surface area contributed by atoms with E-state index in [-0.39, 0.29) is 5.78 Å². The molecule has 0 heterocycles. The molecule has 0 N–H and O–H groups in total. The molecule has 0 spiro atoms. The van der Waals surface area contributed by atoms with Crippen LogP contribution in [0.3, 0.4) is 0 Å². The number of benzene rings is 1. The molecule has 0 radical (unpaired) electrons. The van der Waals surface area contributed by atoms with E-state index in [1.807, 2.05) is 0 Å². The summed E-state index contributed by atoms with van der Waals surface area (Å²) in [6.07, 6.45) is 7.56. The maximum atomic E-state index is 12.2. The highest BCUT2D eigenvalue weighted by Crippen LogP contribution is 2.36. The lowest BCUT2D eigenvalue weighted by molar-refractivity contribution is 0.0978. The number of methoxy groups -OCH3 is 2. The fraction of sp³-hybridized carbons (Fsp3) is 0.588. The lowest BCUT2D eigenvalue weighted by Gasteiger charge is -2.11. The molecule has 3 nitrogen and oxygen atoms in total. The molecule has 0 atom stereocenters. The first kappa shape index (κ1) is 17.8. The molecule has 118 valence electrons. The number of carbonyl (C=O) groups excluding carboxylic acids is 1. The zero-order valence-electron chi connectivity index (χ0n) is 13.2. The van der Waals surface area contributed by atoms with Crippen LogP contribution in [0.25, 0.3) is 0 Å². The van der Waals surface area contributed by atoms with Gasteiger partial charge in [-0.1, -0.05) is 50.6 Å². The smallest absolute Gasteiger partial charge is 0.179 e. The van der Waals surface area contributed by atoms with E-state index >= 15 is 0 Å². The third-order valence-electron chi connectivity index (χ3n) is 3.51. The van der Waals surface area contributed by atoms with Crippen molar-refractivity contribution in [3.8, 4) is 11.5 Å². The van der Waals surface area contributed by atoms with Gasteiger partial charge in [0.05, 0.1) is 19.2 Å². The Morgan fingerprint density at radius 2 is 1.71 bits per heavy atom. The molecule has 0 unspecified atom stereocenters. The number of hydrogen-bond acceptors (Lipinski definition) is 3. The highest BCUT2D eigenvalue weighted by Gasteiger charge is 2.14. The maximum absolute atomic E-state index is 12.2. The molecule has 0 saturated heterocycles. The first-order valence-electron chi connectivity index (χ1n) is 7.58. The molecule has 0 bridgehead atoms. The van der Waals surface area contributed by atoms with E-state index in [0.717, 1.165) is 12.8 Å². The summed E-state index contributed by atoms with van der Waals surface area (Å²) in [5, 5.41) is 0.406. The van der Waals surface area contributed by atoms with Crippen molar-refractivity contribution in [2.24, 2.45) is 0 Å². The molecule has 21 heavy (non-hydrogen) atoms. The van der Waals surface area contributed by atoms with Crippen LogP contribution in [-0.4, -0.2) is 20.0 Å². The fourth-order valence-corrected chi connectivity index (χ4v) is 2.58. The topological polar surface area (TPSA) is 35.5 Å². The second-order valence-electron chi connectivity index (χ2n) is 5.13. The first-order valence-corrected chi connectivity index (χ1v) is 7.96. The lowest BCUT2D eigenvalue weighted by Crippen LogP contribution is -2.01. The second kappa shape index (κ2) is 9.67. The van der Waals surface area contributed by atoms with Crippen molar-refractivity contribution in [2.45, 2.75) is 51.9 Å². The normalized spacial score (nSPS) is 10.5. The number of ketones is 1. The Kier molecular flexibility index (Phi) is 8.21. The van der Waals surface area contributed by atoms with Crippen LogP contribution >= 0.6 is 11.6 Å². The van der Waals surface area contributed by atoms with Gasteiger partial charge in [-0.2, -0.15) is 0 Å². The number of carbonyl (C=O) groups is 1. The molecule has 0 aliphatic heterocycles. The van der Waals surface area contributed by atoms with E-state index in [1.165, 1.54) is 39.9 Å². The third kappa shape index (κ3) is 5.58. The Hall–Kier alpha value is -1.22. The summed E-state index contributed by atoms with van der Waals surface area (Å²) in [6.45, 7) is 2.20. The summed E-state index contributed by atoms with van der Waals surface area (Å²) in [4.78, 5) is 12.2.